The number of rotatable bonds is 14. The maximum absolute atomic E-state index is 6.34. The minimum absolute atomic E-state index is 0.00923. The van der Waals surface area contributed by atoms with E-state index in [4.69, 9.17) is 39.2 Å². The van der Waals surface area contributed by atoms with Gasteiger partial charge in [-0.05, 0) is 133 Å². The topological polar surface area (TPSA) is 95.8 Å². The van der Waals surface area contributed by atoms with Crippen LogP contribution in [0.5, 0.6) is 0 Å². The molecule has 2 aliphatic carbocycles. The summed E-state index contributed by atoms with van der Waals surface area (Å²) in [5, 5.41) is 0. The van der Waals surface area contributed by atoms with Crippen LogP contribution >= 0.6 is 15.9 Å². The van der Waals surface area contributed by atoms with Gasteiger partial charge in [-0.15, -0.1) is 0 Å². The van der Waals surface area contributed by atoms with Gasteiger partial charge in [-0.3, -0.25) is 0 Å². The van der Waals surface area contributed by atoms with Gasteiger partial charge in [0, 0.05) is 48.7 Å². The Kier molecular flexibility index (Phi) is 21.3. The molecule has 10 heteroatoms. The lowest BCUT2D eigenvalue weighted by Gasteiger charge is -2.39. The molecule has 0 bridgehead atoms. The summed E-state index contributed by atoms with van der Waals surface area (Å²) in [5.74, 6) is 4.08. The van der Waals surface area contributed by atoms with E-state index in [9.17, 15) is 0 Å². The van der Waals surface area contributed by atoms with Crippen LogP contribution in [-0.4, -0.2) is 48.2 Å². The second-order valence-corrected chi connectivity index (χ2v) is 30.0. The molecule has 1 aliphatic heterocycles. The van der Waals surface area contributed by atoms with Crippen LogP contribution in [0.25, 0.3) is 102 Å². The molecule has 1 saturated heterocycles. The summed E-state index contributed by atoms with van der Waals surface area (Å²) < 4.78 is 13.8. The van der Waals surface area contributed by atoms with Crippen LogP contribution in [0, 0.1) is 0 Å². The van der Waals surface area contributed by atoms with Crippen LogP contribution in [0.15, 0.2) is 332 Å². The first-order valence-corrected chi connectivity index (χ1v) is 38.1. The number of aromatic nitrogens is 6. The number of hydrogen-bond acceptors (Lipinski definition) is 8. The highest BCUT2D eigenvalue weighted by molar-refractivity contribution is 9.10. The Balaban J connectivity index is 0.000000145. The molecular formula is C96H86BBrN6O2. The van der Waals surface area contributed by atoms with Crippen molar-refractivity contribution in [1.82, 2.24) is 29.9 Å². The molecular weight excluding hydrogens is 1360 g/mol. The smallest absolute Gasteiger partial charge is 0.399 e. The van der Waals surface area contributed by atoms with Crippen molar-refractivity contribution < 1.29 is 9.31 Å². The van der Waals surface area contributed by atoms with Crippen LogP contribution in [0.1, 0.15) is 114 Å². The standard InChI is InChI=1S/C45H37N3.C39H40BN3O2.C12H9Br/c1-5-14-33(15-6-1)38-20-13-21-39(32-38)34-22-26-40(27-23-34)45(30-11-4-12-31-45)41-28-24-37(25-29-41)44-47-42(35-16-7-2-8-17-35)46-43(48-44)36-18-9-3-10-19-36;1-37(2)38(3,4)45-40(44-37)33-24-22-32(23-25-33)39(26-12-7-13-27-39)31-20-18-30(19-21-31)36-42-34(28-14-8-5-9-15-28)41-35(43-36)29-16-10-6-11-17-29;13-12-8-4-7-11(9-12)10-5-2-1-3-6-10/h1-3,5-10,13-29,32H,4,11-12,30-31H2;5-6,8-11,14-25H,7,12-13,26-27H2,1-4H3;1-9H. The van der Waals surface area contributed by atoms with Gasteiger partial charge in [0.25, 0.3) is 0 Å². The maximum Gasteiger partial charge on any atom is 0.494 e. The van der Waals surface area contributed by atoms with Crippen LogP contribution in [0.3, 0.4) is 0 Å². The summed E-state index contributed by atoms with van der Waals surface area (Å²) in [7, 11) is -0.354. The highest BCUT2D eigenvalue weighted by Crippen LogP contribution is 2.48. The van der Waals surface area contributed by atoms with Gasteiger partial charge in [0.1, 0.15) is 0 Å². The third-order valence-corrected chi connectivity index (χ3v) is 22.4. The van der Waals surface area contributed by atoms with Crippen molar-refractivity contribution in [3.05, 3.63) is 354 Å². The molecule has 2 saturated carbocycles. The molecule has 0 spiro atoms. The fourth-order valence-corrected chi connectivity index (χ4v) is 15.7. The molecule has 106 heavy (non-hydrogen) atoms. The van der Waals surface area contributed by atoms with Crippen molar-refractivity contribution in [2.75, 3.05) is 0 Å². The molecule has 3 heterocycles. The Bertz CT molecular complexity index is 5090. The molecule has 3 aliphatic rings. The van der Waals surface area contributed by atoms with Crippen LogP contribution in [0.2, 0.25) is 0 Å². The average Bonchev–Trinajstić information content (AvgIpc) is 1.08. The van der Waals surface area contributed by atoms with Crippen LogP contribution < -0.4 is 5.46 Å². The first-order valence-electron chi connectivity index (χ1n) is 37.3. The molecule has 522 valence electrons. The van der Waals surface area contributed by atoms with E-state index in [0.29, 0.717) is 34.9 Å². The first kappa shape index (κ1) is 70.8. The lowest BCUT2D eigenvalue weighted by Crippen LogP contribution is -2.41. The lowest BCUT2D eigenvalue weighted by atomic mass is 9.64. The summed E-state index contributed by atoms with van der Waals surface area (Å²) in [5.41, 5.74) is 19.1. The molecule has 0 atom stereocenters. The van der Waals surface area contributed by atoms with Gasteiger partial charge < -0.3 is 9.31 Å². The quantitative estimate of drug-likeness (QED) is 0.0994. The summed E-state index contributed by atoms with van der Waals surface area (Å²) in [6.45, 7) is 8.40. The minimum atomic E-state index is -0.356. The second-order valence-electron chi connectivity index (χ2n) is 29.1. The van der Waals surface area contributed by atoms with Crippen molar-refractivity contribution in [1.29, 1.82) is 0 Å². The molecule has 12 aromatic carbocycles. The minimum Gasteiger partial charge on any atom is -0.399 e. The summed E-state index contributed by atoms with van der Waals surface area (Å²) in [4.78, 5) is 29.5. The van der Waals surface area contributed by atoms with E-state index < -0.39 is 0 Å². The van der Waals surface area contributed by atoms with Crippen LogP contribution in [-0.2, 0) is 20.1 Å². The molecule has 2 aromatic heterocycles. The molecule has 17 rings (SSSR count). The highest BCUT2D eigenvalue weighted by atomic mass is 79.9. The fourth-order valence-electron chi connectivity index (χ4n) is 15.3. The third-order valence-electron chi connectivity index (χ3n) is 21.9. The van der Waals surface area contributed by atoms with Gasteiger partial charge in [0.15, 0.2) is 34.9 Å². The summed E-state index contributed by atoms with van der Waals surface area (Å²) >= 11 is 3.46. The average molecular weight is 1450 g/mol. The Morgan fingerprint density at radius 1 is 0.245 bits per heavy atom. The number of halogens is 1. The first-order chi connectivity index (χ1) is 51.8. The van der Waals surface area contributed by atoms with Gasteiger partial charge in [-0.25, -0.2) is 29.9 Å². The van der Waals surface area contributed by atoms with Crippen molar-refractivity contribution in [3.63, 3.8) is 0 Å². The zero-order valence-electron chi connectivity index (χ0n) is 60.7. The van der Waals surface area contributed by atoms with Gasteiger partial charge >= 0.3 is 7.12 Å². The van der Waals surface area contributed by atoms with Crippen molar-refractivity contribution in [2.45, 2.75) is 114 Å². The molecule has 0 N–H and O–H groups in total. The summed E-state index contributed by atoms with van der Waals surface area (Å²) in [6.07, 6.45) is 12.0. The molecule has 0 unspecified atom stereocenters. The highest BCUT2D eigenvalue weighted by Gasteiger charge is 2.52. The number of nitrogens with zero attached hydrogens (tertiary/aromatic N) is 6. The van der Waals surface area contributed by atoms with Crippen molar-refractivity contribution in [2.24, 2.45) is 0 Å². The summed E-state index contributed by atoms with van der Waals surface area (Å²) in [6, 6.07) is 115. The van der Waals surface area contributed by atoms with Gasteiger partial charge in [-0.2, -0.15) is 0 Å². The van der Waals surface area contributed by atoms with Crippen molar-refractivity contribution >= 4 is 28.5 Å². The SMILES string of the molecule is Brc1cccc(-c2ccccc2)c1.CC1(C)OB(c2ccc(C3(c4ccc(-c5nc(-c6ccccc6)nc(-c6ccccc6)n5)cc4)CCCCC3)cc2)OC1(C)C.c1ccc(-c2cccc(-c3ccc(C4(c5ccc(-c6nc(-c7ccccc7)nc(-c7ccccc7)n6)cc5)CCCCC4)cc3)c2)cc1. The van der Waals surface area contributed by atoms with Gasteiger partial charge in [0.05, 0.1) is 11.2 Å². The molecule has 3 fully saturated rings. The van der Waals surface area contributed by atoms with Gasteiger partial charge in [0.2, 0.25) is 0 Å². The third kappa shape index (κ3) is 15.7. The normalized spacial score (nSPS) is 15.4. The fraction of sp³-hybridized carbons (Fsp3) is 0.188. The van der Waals surface area contributed by atoms with Crippen LogP contribution in [0.4, 0.5) is 0 Å². The van der Waals surface area contributed by atoms with E-state index in [1.54, 1.807) is 0 Å². The Morgan fingerprint density at radius 2 is 0.481 bits per heavy atom. The molecule has 8 nitrogen and oxygen atoms in total. The zero-order valence-corrected chi connectivity index (χ0v) is 62.3. The molecule has 0 radical (unpaired) electrons. The van der Waals surface area contributed by atoms with Gasteiger partial charge in [-0.1, -0.05) is 364 Å². The number of benzene rings is 12. The Hall–Kier alpha value is -10.9. The van der Waals surface area contributed by atoms with E-state index in [-0.39, 0.29) is 29.2 Å². The second kappa shape index (κ2) is 31.8. The van der Waals surface area contributed by atoms with E-state index >= 15 is 0 Å². The van der Waals surface area contributed by atoms with E-state index in [1.165, 1.54) is 94.2 Å². The maximum atomic E-state index is 6.34. The Morgan fingerprint density at radius 3 is 0.783 bits per heavy atom. The lowest BCUT2D eigenvalue weighted by molar-refractivity contribution is 0.00578. The Labute approximate surface area is 633 Å². The monoisotopic (exact) mass is 1440 g/mol. The van der Waals surface area contributed by atoms with E-state index in [1.807, 2.05) is 115 Å². The predicted molar refractivity (Wildman–Crippen MR) is 439 cm³/mol. The van der Waals surface area contributed by atoms with Crippen molar-refractivity contribution in [3.8, 4) is 102 Å². The van der Waals surface area contributed by atoms with E-state index in [0.717, 1.165) is 69.0 Å². The largest absolute Gasteiger partial charge is 0.494 e. The van der Waals surface area contributed by atoms with E-state index in [2.05, 4.69) is 256 Å². The molecule has 0 amide bonds. The molecule has 14 aromatic rings. The number of hydrogen-bond donors (Lipinski definition) is 0. The zero-order chi connectivity index (χ0) is 72.3. The predicted octanol–water partition coefficient (Wildman–Crippen LogP) is 24.0.